The van der Waals surface area contributed by atoms with Gasteiger partial charge in [0.1, 0.15) is 18.1 Å². The normalized spacial score (nSPS) is 16.5. The number of aliphatic hydroxyl groups excluding tert-OH is 1. The monoisotopic (exact) mass is 549 g/mol. The smallest absolute Gasteiger partial charge is 0.295 e. The van der Waals surface area contributed by atoms with E-state index in [2.05, 4.69) is 24.9 Å². The summed E-state index contributed by atoms with van der Waals surface area (Å²) in [6, 6.07) is 22.3. The average Bonchev–Trinajstić information content (AvgIpc) is 3.58. The summed E-state index contributed by atoms with van der Waals surface area (Å²) < 4.78 is 7.86. The number of hydrogen-bond acceptors (Lipinski definition) is 5. The van der Waals surface area contributed by atoms with Gasteiger partial charge in [0.05, 0.1) is 17.9 Å². The summed E-state index contributed by atoms with van der Waals surface area (Å²) >= 11 is 0. The number of Topliss-reactive ketones (excluding diaryl/α,β-unsaturated/α-hetero) is 1. The van der Waals surface area contributed by atoms with Gasteiger partial charge in [-0.2, -0.15) is 0 Å². The standard InChI is InChI=1S/C34H35N3O4/c1-23(2)26-8-10-27(11-9-26)31-30(33(39)34(40)37(31)18-5-17-36-19-16-35-22-36)32(38)28-12-14-29(15-13-28)41-21-25-7-4-6-24(3)20-25/h4,6-16,19-20,22-23,31,38H,5,17-18,21H2,1-3H3/b32-30-. The van der Waals surface area contributed by atoms with Crippen LogP contribution >= 0.6 is 0 Å². The Labute approximate surface area is 240 Å². The molecule has 4 aromatic rings. The molecule has 1 unspecified atom stereocenters. The number of hydrogen-bond donors (Lipinski definition) is 1. The van der Waals surface area contributed by atoms with Crippen LogP contribution in [0.3, 0.4) is 0 Å². The van der Waals surface area contributed by atoms with Crippen LogP contribution in [0, 0.1) is 6.92 Å². The summed E-state index contributed by atoms with van der Waals surface area (Å²) in [7, 11) is 0. The highest BCUT2D eigenvalue weighted by atomic mass is 16.5. The van der Waals surface area contributed by atoms with Gasteiger partial charge >= 0.3 is 0 Å². The first-order valence-corrected chi connectivity index (χ1v) is 13.9. The predicted octanol–water partition coefficient (Wildman–Crippen LogP) is 6.41. The molecular weight excluding hydrogens is 514 g/mol. The molecule has 1 atom stereocenters. The number of ketones is 1. The number of nitrogens with zero attached hydrogens (tertiary/aromatic N) is 3. The highest BCUT2D eigenvalue weighted by Gasteiger charge is 2.45. The molecule has 0 aliphatic carbocycles. The number of carbonyl (C=O) groups excluding carboxylic acids is 2. The van der Waals surface area contributed by atoms with E-state index in [1.54, 1.807) is 41.7 Å². The maximum atomic E-state index is 13.4. The number of benzene rings is 3. The average molecular weight is 550 g/mol. The Morgan fingerprint density at radius 1 is 1.00 bits per heavy atom. The molecule has 1 fully saturated rings. The minimum absolute atomic E-state index is 0.100. The second kappa shape index (κ2) is 12.3. The van der Waals surface area contributed by atoms with E-state index >= 15 is 0 Å². The lowest BCUT2D eigenvalue weighted by Crippen LogP contribution is -2.31. The fraction of sp³-hybridized carbons (Fsp3) is 0.265. The van der Waals surface area contributed by atoms with Gasteiger partial charge in [0.15, 0.2) is 0 Å². The highest BCUT2D eigenvalue weighted by Crippen LogP contribution is 2.40. The first-order chi connectivity index (χ1) is 19.8. The van der Waals surface area contributed by atoms with Crippen LogP contribution in [0.5, 0.6) is 5.75 Å². The van der Waals surface area contributed by atoms with Crippen molar-refractivity contribution >= 4 is 17.4 Å². The minimum atomic E-state index is -0.684. The van der Waals surface area contributed by atoms with E-state index in [1.165, 1.54) is 0 Å². The van der Waals surface area contributed by atoms with Crippen molar-refractivity contribution in [1.82, 2.24) is 14.5 Å². The molecule has 0 radical (unpaired) electrons. The molecule has 0 saturated carbocycles. The van der Waals surface area contributed by atoms with Crippen LogP contribution in [-0.2, 0) is 22.7 Å². The molecule has 210 valence electrons. The van der Waals surface area contributed by atoms with Crippen LogP contribution in [0.1, 0.15) is 60.0 Å². The van der Waals surface area contributed by atoms with E-state index in [0.717, 1.165) is 22.3 Å². The molecule has 5 rings (SSSR count). The van der Waals surface area contributed by atoms with Crippen molar-refractivity contribution in [2.24, 2.45) is 0 Å². The third-order valence-electron chi connectivity index (χ3n) is 7.45. The molecule has 7 heteroatoms. The Bertz CT molecular complexity index is 1540. The molecule has 1 aliphatic rings. The number of likely N-dealkylation sites (tertiary alicyclic amines) is 1. The van der Waals surface area contributed by atoms with Crippen LogP contribution < -0.4 is 4.74 Å². The second-order valence-electron chi connectivity index (χ2n) is 10.8. The number of ether oxygens (including phenoxy) is 1. The topological polar surface area (TPSA) is 84.7 Å². The summed E-state index contributed by atoms with van der Waals surface area (Å²) in [5.74, 6) is -0.485. The third-order valence-corrected chi connectivity index (χ3v) is 7.45. The number of rotatable bonds is 10. The maximum absolute atomic E-state index is 13.4. The molecule has 1 aromatic heterocycles. The fourth-order valence-electron chi connectivity index (χ4n) is 5.20. The fourth-order valence-corrected chi connectivity index (χ4v) is 5.20. The van der Waals surface area contributed by atoms with E-state index in [4.69, 9.17) is 4.74 Å². The van der Waals surface area contributed by atoms with Gasteiger partial charge in [-0.1, -0.05) is 67.9 Å². The predicted molar refractivity (Wildman–Crippen MR) is 158 cm³/mol. The first kappa shape index (κ1) is 27.9. The Hall–Kier alpha value is -4.65. The lowest BCUT2D eigenvalue weighted by Gasteiger charge is -2.26. The number of amides is 1. The molecule has 1 aliphatic heterocycles. The molecule has 41 heavy (non-hydrogen) atoms. The van der Waals surface area contributed by atoms with Gasteiger partial charge < -0.3 is 19.3 Å². The lowest BCUT2D eigenvalue weighted by atomic mass is 9.93. The minimum Gasteiger partial charge on any atom is -0.507 e. The zero-order valence-corrected chi connectivity index (χ0v) is 23.7. The van der Waals surface area contributed by atoms with Crippen molar-refractivity contribution in [2.45, 2.75) is 52.3 Å². The van der Waals surface area contributed by atoms with Gasteiger partial charge in [0.2, 0.25) is 0 Å². The zero-order valence-electron chi connectivity index (χ0n) is 23.7. The highest BCUT2D eigenvalue weighted by molar-refractivity contribution is 6.46. The Kier molecular flexibility index (Phi) is 8.34. The van der Waals surface area contributed by atoms with Crippen molar-refractivity contribution in [3.05, 3.63) is 125 Å². The van der Waals surface area contributed by atoms with Crippen LogP contribution in [0.15, 0.2) is 97.1 Å². The Morgan fingerprint density at radius 2 is 1.76 bits per heavy atom. The van der Waals surface area contributed by atoms with Crippen LogP contribution in [0.2, 0.25) is 0 Å². The molecule has 3 aromatic carbocycles. The zero-order chi connectivity index (χ0) is 28.9. The molecule has 1 amide bonds. The number of aryl methyl sites for hydroxylation is 2. The van der Waals surface area contributed by atoms with E-state index < -0.39 is 17.7 Å². The van der Waals surface area contributed by atoms with E-state index in [9.17, 15) is 14.7 Å². The van der Waals surface area contributed by atoms with E-state index in [0.29, 0.717) is 43.3 Å². The SMILES string of the molecule is Cc1cccc(COc2ccc(/C(O)=C3/C(=O)C(=O)N(CCCn4ccnc4)C3c3ccc(C(C)C)cc3)cc2)c1. The van der Waals surface area contributed by atoms with Gasteiger partial charge in [-0.05, 0) is 60.2 Å². The lowest BCUT2D eigenvalue weighted by molar-refractivity contribution is -0.139. The summed E-state index contributed by atoms with van der Waals surface area (Å²) in [6.07, 6.45) is 5.94. The number of imidazole rings is 1. The number of carbonyl (C=O) groups is 2. The van der Waals surface area contributed by atoms with Gasteiger partial charge in [-0.15, -0.1) is 0 Å². The quantitative estimate of drug-likeness (QED) is 0.140. The van der Waals surface area contributed by atoms with Gasteiger partial charge in [-0.3, -0.25) is 9.59 Å². The molecule has 1 saturated heterocycles. The van der Waals surface area contributed by atoms with Gasteiger partial charge in [-0.25, -0.2) is 4.98 Å². The molecule has 2 heterocycles. The summed E-state index contributed by atoms with van der Waals surface area (Å²) in [5.41, 5.74) is 4.73. The molecular formula is C34H35N3O4. The third kappa shape index (κ3) is 6.24. The number of aliphatic hydroxyl groups is 1. The van der Waals surface area contributed by atoms with E-state index in [1.807, 2.05) is 60.2 Å². The van der Waals surface area contributed by atoms with Gasteiger partial charge in [0.25, 0.3) is 11.7 Å². The molecule has 0 spiro atoms. The van der Waals surface area contributed by atoms with E-state index in [-0.39, 0.29) is 11.3 Å². The molecule has 7 nitrogen and oxygen atoms in total. The summed E-state index contributed by atoms with van der Waals surface area (Å²) in [6.45, 7) is 7.71. The largest absolute Gasteiger partial charge is 0.507 e. The van der Waals surface area contributed by atoms with Crippen molar-refractivity contribution in [3.63, 3.8) is 0 Å². The number of aromatic nitrogens is 2. The Balaban J connectivity index is 1.42. The van der Waals surface area contributed by atoms with Crippen LogP contribution in [0.25, 0.3) is 5.76 Å². The van der Waals surface area contributed by atoms with Crippen LogP contribution in [-0.4, -0.2) is 37.8 Å². The Morgan fingerprint density at radius 3 is 2.41 bits per heavy atom. The molecule has 0 bridgehead atoms. The van der Waals surface area contributed by atoms with Crippen molar-refractivity contribution < 1.29 is 19.4 Å². The van der Waals surface area contributed by atoms with Crippen LogP contribution in [0.4, 0.5) is 0 Å². The molecule has 1 N–H and O–H groups in total. The van der Waals surface area contributed by atoms with Crippen molar-refractivity contribution in [1.29, 1.82) is 0 Å². The summed E-state index contributed by atoms with van der Waals surface area (Å²) in [4.78, 5) is 32.3. The second-order valence-corrected chi connectivity index (χ2v) is 10.8. The van der Waals surface area contributed by atoms with Crippen molar-refractivity contribution in [2.75, 3.05) is 6.54 Å². The summed E-state index contributed by atoms with van der Waals surface area (Å²) in [5, 5.41) is 11.4. The first-order valence-electron chi connectivity index (χ1n) is 13.9. The maximum Gasteiger partial charge on any atom is 0.295 e. The van der Waals surface area contributed by atoms with Crippen molar-refractivity contribution in [3.8, 4) is 5.75 Å². The van der Waals surface area contributed by atoms with Gasteiger partial charge in [0, 0.05) is 31.0 Å².